The molecule has 0 aromatic carbocycles. The summed E-state index contributed by atoms with van der Waals surface area (Å²) in [5, 5.41) is 12.1. The molecule has 0 fully saturated rings. The molecular weight excluding hydrogens is 166 g/mol. The summed E-state index contributed by atoms with van der Waals surface area (Å²) in [5.41, 5.74) is 1.94. The van der Waals surface area contributed by atoms with Crippen LogP contribution in [-0.4, -0.2) is 22.1 Å². The highest BCUT2D eigenvalue weighted by Crippen LogP contribution is 2.09. The van der Waals surface area contributed by atoms with Crippen LogP contribution in [0.25, 0.3) is 5.76 Å². The van der Waals surface area contributed by atoms with Gasteiger partial charge in [0.05, 0.1) is 17.6 Å². The van der Waals surface area contributed by atoms with Crippen molar-refractivity contribution in [2.45, 2.75) is 13.5 Å². The second-order valence-electron chi connectivity index (χ2n) is 2.77. The fourth-order valence-electron chi connectivity index (χ4n) is 1.03. The van der Waals surface area contributed by atoms with Crippen LogP contribution in [0.1, 0.15) is 17.1 Å². The molecule has 1 aromatic rings. The van der Waals surface area contributed by atoms with E-state index in [4.69, 9.17) is 0 Å². The monoisotopic (exact) mass is 179 g/mol. The standard InChI is InChI=1S/C9H13N3O/c1-6-9(7(2)13)12-8(4-10-3)5-11-6/h5,10,13H,2,4H2,1,3H3. The number of hydrogen-bond acceptors (Lipinski definition) is 4. The SMILES string of the molecule is C=C(O)c1nc(CNC)cnc1C. The van der Waals surface area contributed by atoms with E-state index in [1.54, 1.807) is 13.1 Å². The molecule has 0 unspecified atom stereocenters. The van der Waals surface area contributed by atoms with Crippen molar-refractivity contribution in [3.8, 4) is 0 Å². The van der Waals surface area contributed by atoms with E-state index in [1.807, 2.05) is 7.05 Å². The minimum absolute atomic E-state index is 0.0389. The highest BCUT2D eigenvalue weighted by Gasteiger charge is 2.05. The van der Waals surface area contributed by atoms with Crippen molar-refractivity contribution in [3.05, 3.63) is 29.9 Å². The maximum atomic E-state index is 9.18. The molecule has 1 heterocycles. The van der Waals surface area contributed by atoms with Gasteiger partial charge in [-0.25, -0.2) is 4.98 Å². The topological polar surface area (TPSA) is 58.0 Å². The van der Waals surface area contributed by atoms with Crippen LogP contribution in [-0.2, 0) is 6.54 Å². The van der Waals surface area contributed by atoms with E-state index >= 15 is 0 Å². The Bertz CT molecular complexity index is 323. The predicted molar refractivity (Wildman–Crippen MR) is 51.2 cm³/mol. The number of hydrogen-bond donors (Lipinski definition) is 2. The third-order valence-corrected chi connectivity index (χ3v) is 1.64. The van der Waals surface area contributed by atoms with E-state index in [1.165, 1.54) is 0 Å². The van der Waals surface area contributed by atoms with E-state index < -0.39 is 0 Å². The fourth-order valence-corrected chi connectivity index (χ4v) is 1.03. The molecule has 4 nitrogen and oxygen atoms in total. The van der Waals surface area contributed by atoms with Crippen LogP contribution < -0.4 is 5.32 Å². The Morgan fingerprint density at radius 3 is 2.92 bits per heavy atom. The summed E-state index contributed by atoms with van der Waals surface area (Å²) in [6.07, 6.45) is 1.68. The first kappa shape index (κ1) is 9.67. The molecule has 2 N–H and O–H groups in total. The second kappa shape index (κ2) is 4.00. The molecule has 0 atom stereocenters. The van der Waals surface area contributed by atoms with Crippen molar-refractivity contribution in [1.29, 1.82) is 0 Å². The summed E-state index contributed by atoms with van der Waals surface area (Å²) < 4.78 is 0. The molecule has 0 aliphatic heterocycles. The van der Waals surface area contributed by atoms with Gasteiger partial charge >= 0.3 is 0 Å². The summed E-state index contributed by atoms with van der Waals surface area (Å²) in [6.45, 7) is 5.84. The molecule has 0 aliphatic carbocycles. The average molecular weight is 179 g/mol. The van der Waals surface area contributed by atoms with Crippen molar-refractivity contribution >= 4 is 5.76 Å². The van der Waals surface area contributed by atoms with Gasteiger partial charge in [0.15, 0.2) is 0 Å². The van der Waals surface area contributed by atoms with Crippen LogP contribution in [0.3, 0.4) is 0 Å². The normalized spacial score (nSPS) is 10.0. The van der Waals surface area contributed by atoms with Crippen LogP contribution in [0.2, 0.25) is 0 Å². The van der Waals surface area contributed by atoms with E-state index in [9.17, 15) is 5.11 Å². The van der Waals surface area contributed by atoms with Crippen molar-refractivity contribution in [1.82, 2.24) is 15.3 Å². The van der Waals surface area contributed by atoms with Gasteiger partial charge in [0.1, 0.15) is 11.5 Å². The number of aryl methyl sites for hydroxylation is 1. The van der Waals surface area contributed by atoms with Gasteiger partial charge in [0, 0.05) is 6.54 Å². The van der Waals surface area contributed by atoms with E-state index in [0.717, 1.165) is 5.69 Å². The molecular formula is C9H13N3O. The van der Waals surface area contributed by atoms with Crippen LogP contribution in [0.5, 0.6) is 0 Å². The van der Waals surface area contributed by atoms with E-state index in [2.05, 4.69) is 21.9 Å². The molecule has 1 aromatic heterocycles. The first-order valence-corrected chi connectivity index (χ1v) is 4.00. The number of nitrogens with one attached hydrogen (secondary N) is 1. The second-order valence-corrected chi connectivity index (χ2v) is 2.77. The van der Waals surface area contributed by atoms with Crippen LogP contribution in [0.4, 0.5) is 0 Å². The van der Waals surface area contributed by atoms with Gasteiger partial charge in [-0.3, -0.25) is 4.98 Å². The van der Waals surface area contributed by atoms with Crippen LogP contribution in [0, 0.1) is 6.92 Å². The lowest BCUT2D eigenvalue weighted by Crippen LogP contribution is -2.09. The van der Waals surface area contributed by atoms with Gasteiger partial charge in [-0.2, -0.15) is 0 Å². The van der Waals surface area contributed by atoms with Gasteiger partial charge in [-0.05, 0) is 14.0 Å². The molecule has 0 spiro atoms. The highest BCUT2D eigenvalue weighted by atomic mass is 16.3. The zero-order valence-electron chi connectivity index (χ0n) is 7.83. The molecule has 0 saturated heterocycles. The molecule has 0 radical (unpaired) electrons. The summed E-state index contributed by atoms with van der Waals surface area (Å²) in [7, 11) is 1.83. The minimum Gasteiger partial charge on any atom is -0.506 e. The Morgan fingerprint density at radius 2 is 2.38 bits per heavy atom. The molecule has 4 heteroatoms. The third-order valence-electron chi connectivity index (χ3n) is 1.64. The summed E-state index contributed by atoms with van der Waals surface area (Å²) in [4.78, 5) is 8.28. The van der Waals surface area contributed by atoms with E-state index in [-0.39, 0.29) is 5.76 Å². The number of rotatable bonds is 3. The van der Waals surface area contributed by atoms with Crippen molar-refractivity contribution in [3.63, 3.8) is 0 Å². The largest absolute Gasteiger partial charge is 0.506 e. The summed E-state index contributed by atoms with van der Waals surface area (Å²) in [5.74, 6) is -0.0389. The number of nitrogens with zero attached hydrogens (tertiary/aromatic N) is 2. The van der Waals surface area contributed by atoms with Gasteiger partial charge in [0.25, 0.3) is 0 Å². The summed E-state index contributed by atoms with van der Waals surface area (Å²) in [6, 6.07) is 0. The van der Waals surface area contributed by atoms with Crippen molar-refractivity contribution in [2.75, 3.05) is 7.05 Å². The van der Waals surface area contributed by atoms with Crippen molar-refractivity contribution < 1.29 is 5.11 Å². The molecule has 13 heavy (non-hydrogen) atoms. The average Bonchev–Trinajstić information content (AvgIpc) is 2.08. The van der Waals surface area contributed by atoms with Gasteiger partial charge < -0.3 is 10.4 Å². The zero-order valence-corrected chi connectivity index (χ0v) is 7.83. The van der Waals surface area contributed by atoms with Gasteiger partial charge in [-0.15, -0.1) is 0 Å². The fraction of sp³-hybridized carbons (Fsp3) is 0.333. The van der Waals surface area contributed by atoms with Gasteiger partial charge in [0.2, 0.25) is 0 Å². The lowest BCUT2D eigenvalue weighted by Gasteiger charge is -2.04. The minimum atomic E-state index is -0.0389. The molecule has 0 bridgehead atoms. The zero-order chi connectivity index (χ0) is 9.84. The van der Waals surface area contributed by atoms with Crippen molar-refractivity contribution in [2.24, 2.45) is 0 Å². The smallest absolute Gasteiger partial charge is 0.135 e. The molecule has 0 saturated carbocycles. The Balaban J connectivity index is 3.04. The van der Waals surface area contributed by atoms with Crippen LogP contribution >= 0.6 is 0 Å². The maximum Gasteiger partial charge on any atom is 0.135 e. The molecule has 0 aliphatic rings. The lowest BCUT2D eigenvalue weighted by atomic mass is 10.3. The maximum absolute atomic E-state index is 9.18. The van der Waals surface area contributed by atoms with E-state index in [0.29, 0.717) is 17.9 Å². The number of aliphatic hydroxyl groups excluding tert-OH is 1. The first-order chi connectivity index (χ1) is 6.15. The Labute approximate surface area is 77.3 Å². The van der Waals surface area contributed by atoms with Crippen LogP contribution in [0.15, 0.2) is 12.8 Å². The Morgan fingerprint density at radius 1 is 1.69 bits per heavy atom. The number of aromatic nitrogens is 2. The predicted octanol–water partition coefficient (Wildman–Crippen LogP) is 1.03. The lowest BCUT2D eigenvalue weighted by molar-refractivity contribution is 0.508. The number of aliphatic hydroxyl groups is 1. The van der Waals surface area contributed by atoms with Gasteiger partial charge in [-0.1, -0.05) is 6.58 Å². The molecule has 1 rings (SSSR count). The third kappa shape index (κ3) is 2.26. The Hall–Kier alpha value is -1.42. The quantitative estimate of drug-likeness (QED) is 0.680. The molecule has 0 amide bonds. The summed E-state index contributed by atoms with van der Waals surface area (Å²) >= 11 is 0. The molecule has 70 valence electrons. The first-order valence-electron chi connectivity index (χ1n) is 4.00. The highest BCUT2D eigenvalue weighted by molar-refractivity contribution is 5.53. The Kier molecular flexibility index (Phi) is 2.97.